The molecule has 1 aromatic rings. The molecule has 1 amide bonds. The van der Waals surface area contributed by atoms with Gasteiger partial charge in [0.2, 0.25) is 15.9 Å². The van der Waals surface area contributed by atoms with E-state index in [0.717, 1.165) is 43.4 Å². The summed E-state index contributed by atoms with van der Waals surface area (Å²) in [5.41, 5.74) is 1.88. The van der Waals surface area contributed by atoms with Crippen LogP contribution in [0.2, 0.25) is 0 Å². The van der Waals surface area contributed by atoms with Gasteiger partial charge in [-0.15, -0.1) is 0 Å². The molecular weight excluding hydrogens is 300 g/mol. The first kappa shape index (κ1) is 14.2. The third-order valence-electron chi connectivity index (χ3n) is 4.84. The van der Waals surface area contributed by atoms with Gasteiger partial charge in [-0.2, -0.15) is 4.31 Å². The number of rotatable bonds is 3. The Bertz CT molecular complexity index is 719. The number of anilines is 1. The van der Waals surface area contributed by atoms with Crippen molar-refractivity contribution in [1.29, 1.82) is 0 Å². The summed E-state index contributed by atoms with van der Waals surface area (Å²) in [6.07, 6.45) is 4.61. The molecule has 1 aromatic carbocycles. The highest BCUT2D eigenvalue weighted by atomic mass is 32.2. The van der Waals surface area contributed by atoms with Gasteiger partial charge in [-0.1, -0.05) is 0 Å². The van der Waals surface area contributed by atoms with E-state index in [0.29, 0.717) is 24.5 Å². The number of amides is 1. The molecule has 0 spiro atoms. The lowest BCUT2D eigenvalue weighted by molar-refractivity contribution is -0.119. The smallest absolute Gasteiger partial charge is 0.243 e. The Morgan fingerprint density at radius 2 is 1.82 bits per heavy atom. The minimum atomic E-state index is -3.37. The summed E-state index contributed by atoms with van der Waals surface area (Å²) in [7, 11) is -3.37. The monoisotopic (exact) mass is 320 g/mol. The molecule has 2 aliphatic heterocycles. The van der Waals surface area contributed by atoms with Crippen LogP contribution >= 0.6 is 0 Å². The van der Waals surface area contributed by atoms with Crippen molar-refractivity contribution in [3.63, 3.8) is 0 Å². The van der Waals surface area contributed by atoms with Crippen molar-refractivity contribution < 1.29 is 13.2 Å². The maximum Gasteiger partial charge on any atom is 0.243 e. The zero-order valence-corrected chi connectivity index (χ0v) is 13.3. The Morgan fingerprint density at radius 3 is 2.50 bits per heavy atom. The number of fused-ring (bicyclic) bond motifs is 1. The minimum absolute atomic E-state index is 0.193. The van der Waals surface area contributed by atoms with Gasteiger partial charge in [-0.25, -0.2) is 8.42 Å². The van der Waals surface area contributed by atoms with Gasteiger partial charge in [0.15, 0.2) is 0 Å². The Labute approximate surface area is 131 Å². The molecule has 2 heterocycles. The van der Waals surface area contributed by atoms with Gasteiger partial charge in [-0.3, -0.25) is 4.79 Å². The van der Waals surface area contributed by atoms with E-state index in [1.165, 1.54) is 0 Å². The summed E-state index contributed by atoms with van der Waals surface area (Å²) in [4.78, 5) is 14.5. The van der Waals surface area contributed by atoms with Crippen molar-refractivity contribution in [3.8, 4) is 0 Å². The Balaban J connectivity index is 1.64. The van der Waals surface area contributed by atoms with Crippen LogP contribution in [-0.2, 0) is 21.2 Å². The maximum atomic E-state index is 12.6. The molecule has 0 aromatic heterocycles. The van der Waals surface area contributed by atoms with Gasteiger partial charge in [0, 0.05) is 31.2 Å². The third-order valence-corrected chi connectivity index (χ3v) is 6.74. The second kappa shape index (κ2) is 5.06. The molecule has 2 fully saturated rings. The van der Waals surface area contributed by atoms with Crippen LogP contribution in [0, 0.1) is 5.92 Å². The molecule has 6 heteroatoms. The van der Waals surface area contributed by atoms with Crippen molar-refractivity contribution >= 4 is 21.6 Å². The Morgan fingerprint density at radius 1 is 1.09 bits per heavy atom. The Hall–Kier alpha value is -1.40. The SMILES string of the molecule is O=C(C1CC1)N1CCc2cc(S(=O)(=O)N3CCCC3)ccc21. The van der Waals surface area contributed by atoms with Crippen LogP contribution < -0.4 is 4.90 Å². The minimum Gasteiger partial charge on any atom is -0.312 e. The van der Waals surface area contributed by atoms with E-state index in [4.69, 9.17) is 0 Å². The lowest BCUT2D eigenvalue weighted by atomic mass is 10.2. The second-order valence-electron chi connectivity index (χ2n) is 6.42. The van der Waals surface area contributed by atoms with Crippen molar-refractivity contribution in [2.45, 2.75) is 37.0 Å². The largest absolute Gasteiger partial charge is 0.312 e. The quantitative estimate of drug-likeness (QED) is 0.853. The molecule has 0 N–H and O–H groups in total. The third kappa shape index (κ3) is 2.25. The highest BCUT2D eigenvalue weighted by molar-refractivity contribution is 7.89. The van der Waals surface area contributed by atoms with Gasteiger partial charge in [0.25, 0.3) is 0 Å². The fourth-order valence-electron chi connectivity index (χ4n) is 3.40. The topological polar surface area (TPSA) is 57.7 Å². The number of carbonyl (C=O) groups excluding carboxylic acids is 1. The molecule has 22 heavy (non-hydrogen) atoms. The molecule has 4 rings (SSSR count). The first-order valence-corrected chi connectivity index (χ1v) is 9.46. The van der Waals surface area contributed by atoms with E-state index in [9.17, 15) is 13.2 Å². The van der Waals surface area contributed by atoms with Crippen molar-refractivity contribution in [2.24, 2.45) is 5.92 Å². The number of sulfonamides is 1. The summed E-state index contributed by atoms with van der Waals surface area (Å²) in [5, 5.41) is 0. The van der Waals surface area contributed by atoms with E-state index in [1.54, 1.807) is 16.4 Å². The predicted octanol–water partition coefficient (Wildman–Crippen LogP) is 1.77. The van der Waals surface area contributed by atoms with Gasteiger partial charge in [0.05, 0.1) is 4.90 Å². The summed E-state index contributed by atoms with van der Waals surface area (Å²) in [5.74, 6) is 0.396. The van der Waals surface area contributed by atoms with Crippen molar-refractivity contribution in [2.75, 3.05) is 24.5 Å². The van der Waals surface area contributed by atoms with E-state index in [1.807, 2.05) is 11.0 Å². The van der Waals surface area contributed by atoms with Crippen LogP contribution in [0.1, 0.15) is 31.2 Å². The first-order valence-electron chi connectivity index (χ1n) is 8.02. The van der Waals surface area contributed by atoms with Crippen LogP contribution in [-0.4, -0.2) is 38.3 Å². The molecule has 5 nitrogen and oxygen atoms in total. The zero-order chi connectivity index (χ0) is 15.3. The molecule has 0 radical (unpaired) electrons. The van der Waals surface area contributed by atoms with Gasteiger partial charge < -0.3 is 4.90 Å². The summed E-state index contributed by atoms with van der Waals surface area (Å²) < 4.78 is 26.8. The molecule has 1 aliphatic carbocycles. The van der Waals surface area contributed by atoms with Gasteiger partial charge in [-0.05, 0) is 55.9 Å². The molecule has 0 unspecified atom stereocenters. The van der Waals surface area contributed by atoms with E-state index < -0.39 is 10.0 Å². The molecule has 1 saturated heterocycles. The maximum absolute atomic E-state index is 12.6. The summed E-state index contributed by atoms with van der Waals surface area (Å²) >= 11 is 0. The van der Waals surface area contributed by atoms with Crippen LogP contribution in [0.4, 0.5) is 5.69 Å². The van der Waals surface area contributed by atoms with Gasteiger partial charge in [0.1, 0.15) is 0 Å². The first-order chi connectivity index (χ1) is 10.6. The van der Waals surface area contributed by atoms with Crippen LogP contribution in [0.3, 0.4) is 0 Å². The van der Waals surface area contributed by atoms with Crippen LogP contribution in [0.25, 0.3) is 0 Å². The highest BCUT2D eigenvalue weighted by Crippen LogP contribution is 2.37. The second-order valence-corrected chi connectivity index (χ2v) is 8.35. The molecule has 0 atom stereocenters. The normalized spacial score (nSPS) is 22.1. The van der Waals surface area contributed by atoms with Crippen molar-refractivity contribution in [1.82, 2.24) is 4.31 Å². The predicted molar refractivity (Wildman–Crippen MR) is 83.2 cm³/mol. The fraction of sp³-hybridized carbons (Fsp3) is 0.562. The summed E-state index contributed by atoms with van der Waals surface area (Å²) in [6.45, 7) is 1.91. The van der Waals surface area contributed by atoms with E-state index in [2.05, 4.69) is 0 Å². The fourth-order valence-corrected chi connectivity index (χ4v) is 4.96. The average molecular weight is 320 g/mol. The highest BCUT2D eigenvalue weighted by Gasteiger charge is 2.37. The number of carbonyl (C=O) groups is 1. The van der Waals surface area contributed by atoms with Crippen LogP contribution in [0.15, 0.2) is 23.1 Å². The summed E-state index contributed by atoms with van der Waals surface area (Å²) in [6, 6.07) is 5.24. The lowest BCUT2D eigenvalue weighted by Gasteiger charge is -2.19. The number of hydrogen-bond donors (Lipinski definition) is 0. The number of benzene rings is 1. The lowest BCUT2D eigenvalue weighted by Crippen LogP contribution is -2.30. The van der Waals surface area contributed by atoms with Gasteiger partial charge >= 0.3 is 0 Å². The Kier molecular flexibility index (Phi) is 3.27. The van der Waals surface area contributed by atoms with Crippen molar-refractivity contribution in [3.05, 3.63) is 23.8 Å². The molecular formula is C16H20N2O3S. The standard InChI is InChI=1S/C16H20N2O3S/c19-16(12-3-4-12)18-10-7-13-11-14(5-6-15(13)18)22(20,21)17-8-1-2-9-17/h5-6,11-12H,1-4,7-10H2. The molecule has 0 bridgehead atoms. The van der Waals surface area contributed by atoms with Crippen LogP contribution in [0.5, 0.6) is 0 Å². The number of nitrogens with zero attached hydrogens (tertiary/aromatic N) is 2. The molecule has 3 aliphatic rings. The molecule has 118 valence electrons. The number of hydrogen-bond acceptors (Lipinski definition) is 3. The van der Waals surface area contributed by atoms with E-state index >= 15 is 0 Å². The molecule has 1 saturated carbocycles. The van der Waals surface area contributed by atoms with E-state index in [-0.39, 0.29) is 11.8 Å². The zero-order valence-electron chi connectivity index (χ0n) is 12.5. The average Bonchev–Trinajstić information content (AvgIpc) is 3.04.